The number of carbonyl (C=O) groups excluding carboxylic acids is 1. The van der Waals surface area contributed by atoms with Crippen molar-refractivity contribution in [2.24, 2.45) is 0 Å². The normalized spacial score (nSPS) is 10.0. The van der Waals surface area contributed by atoms with E-state index in [1.807, 2.05) is 4.98 Å². The van der Waals surface area contributed by atoms with Gasteiger partial charge in [-0.05, 0) is 12.1 Å². The maximum atomic E-state index is 11.8. The zero-order valence-electron chi connectivity index (χ0n) is 9.84. The van der Waals surface area contributed by atoms with Crippen molar-refractivity contribution in [1.29, 1.82) is 0 Å². The minimum Gasteiger partial charge on any atom is -0.477 e. The number of aromatic amines is 2. The van der Waals surface area contributed by atoms with Gasteiger partial charge in [0.2, 0.25) is 0 Å². The van der Waals surface area contributed by atoms with E-state index in [1.165, 1.54) is 18.2 Å². The highest BCUT2D eigenvalue weighted by Crippen LogP contribution is 2.05. The molecule has 0 radical (unpaired) electrons. The van der Waals surface area contributed by atoms with Crippen LogP contribution in [0.3, 0.4) is 0 Å². The van der Waals surface area contributed by atoms with Crippen LogP contribution in [-0.4, -0.2) is 31.9 Å². The van der Waals surface area contributed by atoms with E-state index >= 15 is 0 Å². The van der Waals surface area contributed by atoms with Gasteiger partial charge < -0.3 is 15.4 Å². The molecule has 9 nitrogen and oxygen atoms in total. The zero-order chi connectivity index (χ0) is 14.7. The average Bonchev–Trinajstić information content (AvgIpc) is 2.38. The predicted molar refractivity (Wildman–Crippen MR) is 66.8 cm³/mol. The number of amides is 1. The Balaban J connectivity index is 2.28. The van der Waals surface area contributed by atoms with E-state index in [-0.39, 0.29) is 17.1 Å². The molecule has 2 aromatic heterocycles. The third-order valence-corrected chi connectivity index (χ3v) is 2.27. The summed E-state index contributed by atoms with van der Waals surface area (Å²) in [6.07, 6.45) is 0.956. The number of pyridine rings is 1. The van der Waals surface area contributed by atoms with Gasteiger partial charge >= 0.3 is 11.7 Å². The molecule has 0 unspecified atom stereocenters. The summed E-state index contributed by atoms with van der Waals surface area (Å²) in [6, 6.07) is 4.01. The Morgan fingerprint density at radius 3 is 2.65 bits per heavy atom. The highest BCUT2D eigenvalue weighted by atomic mass is 16.4. The molecule has 0 spiro atoms. The molecule has 0 aliphatic heterocycles. The Labute approximate surface area is 110 Å². The molecule has 1 amide bonds. The quantitative estimate of drug-likeness (QED) is 0.589. The molecule has 0 atom stereocenters. The number of hydrogen-bond acceptors (Lipinski definition) is 5. The van der Waals surface area contributed by atoms with Gasteiger partial charge in [-0.15, -0.1) is 0 Å². The van der Waals surface area contributed by atoms with Crippen LogP contribution in [-0.2, 0) is 0 Å². The molecular formula is C11H8N4O5. The maximum absolute atomic E-state index is 11.8. The lowest BCUT2D eigenvalue weighted by Crippen LogP contribution is -2.29. The lowest BCUT2D eigenvalue weighted by Gasteiger charge is -2.04. The van der Waals surface area contributed by atoms with Gasteiger partial charge in [-0.25, -0.2) is 14.6 Å². The molecule has 0 fully saturated rings. The molecular weight excluding hydrogens is 268 g/mol. The van der Waals surface area contributed by atoms with Gasteiger partial charge in [-0.2, -0.15) is 0 Å². The lowest BCUT2D eigenvalue weighted by molar-refractivity contribution is 0.0690. The number of rotatable bonds is 3. The van der Waals surface area contributed by atoms with Crippen LogP contribution in [0.2, 0.25) is 0 Å². The third-order valence-electron chi connectivity index (χ3n) is 2.27. The summed E-state index contributed by atoms with van der Waals surface area (Å²) in [4.78, 5) is 52.4. The van der Waals surface area contributed by atoms with Crippen molar-refractivity contribution < 1.29 is 14.7 Å². The fraction of sp³-hybridized carbons (Fsp3) is 0. The van der Waals surface area contributed by atoms with Gasteiger partial charge in [0, 0.05) is 6.20 Å². The van der Waals surface area contributed by atoms with Crippen molar-refractivity contribution in [1.82, 2.24) is 15.0 Å². The number of nitrogens with one attached hydrogen (secondary N) is 3. The number of H-pyrrole nitrogens is 2. The molecule has 0 saturated heterocycles. The topological polar surface area (TPSA) is 145 Å². The van der Waals surface area contributed by atoms with Crippen molar-refractivity contribution in [2.45, 2.75) is 0 Å². The Morgan fingerprint density at radius 2 is 2.00 bits per heavy atom. The molecule has 20 heavy (non-hydrogen) atoms. The maximum Gasteiger partial charge on any atom is 0.354 e. The van der Waals surface area contributed by atoms with Gasteiger partial charge in [0.25, 0.3) is 11.5 Å². The Bertz CT molecular complexity index is 792. The molecule has 2 heterocycles. The van der Waals surface area contributed by atoms with Crippen molar-refractivity contribution >= 4 is 17.7 Å². The first kappa shape index (κ1) is 13.2. The summed E-state index contributed by atoms with van der Waals surface area (Å²) in [5.41, 5.74) is -2.18. The lowest BCUT2D eigenvalue weighted by atomic mass is 10.3. The molecule has 9 heteroatoms. The monoisotopic (exact) mass is 276 g/mol. The van der Waals surface area contributed by atoms with Crippen LogP contribution in [0.15, 0.2) is 34.0 Å². The SMILES string of the molecule is O=C(O)c1cccc(NC(=O)c2c[nH]c(=O)[nH]c2=O)n1. The first-order chi connectivity index (χ1) is 9.47. The minimum absolute atomic E-state index is 0.0273. The molecule has 0 aliphatic carbocycles. The van der Waals surface area contributed by atoms with Crippen LogP contribution < -0.4 is 16.6 Å². The number of anilines is 1. The van der Waals surface area contributed by atoms with Crippen LogP contribution in [0, 0.1) is 0 Å². The molecule has 2 rings (SSSR count). The van der Waals surface area contributed by atoms with Crippen molar-refractivity contribution in [3.8, 4) is 0 Å². The summed E-state index contributed by atoms with van der Waals surface area (Å²) in [7, 11) is 0. The Morgan fingerprint density at radius 1 is 1.25 bits per heavy atom. The first-order valence-corrected chi connectivity index (χ1v) is 5.31. The summed E-state index contributed by atoms with van der Waals surface area (Å²) in [5.74, 6) is -2.10. The van der Waals surface area contributed by atoms with Gasteiger partial charge in [0.05, 0.1) is 0 Å². The standard InChI is InChI=1S/C11H8N4O5/c16-8(5-4-12-11(20)15-9(5)17)14-7-3-1-2-6(13-7)10(18)19/h1-4H,(H,18,19)(H,13,14,16)(H2,12,15,17,20). The molecule has 0 aliphatic rings. The number of carboxylic acids is 1. The van der Waals surface area contributed by atoms with Gasteiger partial charge in [-0.1, -0.05) is 6.07 Å². The second kappa shape index (κ2) is 5.18. The summed E-state index contributed by atoms with van der Waals surface area (Å²) >= 11 is 0. The first-order valence-electron chi connectivity index (χ1n) is 5.31. The third kappa shape index (κ3) is 2.77. The highest BCUT2D eigenvalue weighted by molar-refractivity contribution is 6.03. The molecule has 102 valence electrons. The fourth-order valence-electron chi connectivity index (χ4n) is 1.39. The average molecular weight is 276 g/mol. The smallest absolute Gasteiger partial charge is 0.354 e. The van der Waals surface area contributed by atoms with Crippen LogP contribution in [0.4, 0.5) is 5.82 Å². The Kier molecular flexibility index (Phi) is 3.42. The number of aromatic nitrogens is 3. The highest BCUT2D eigenvalue weighted by Gasteiger charge is 2.13. The number of nitrogens with zero attached hydrogens (tertiary/aromatic N) is 1. The number of aromatic carboxylic acids is 1. The van der Waals surface area contributed by atoms with Gasteiger partial charge in [0.15, 0.2) is 5.69 Å². The number of carboxylic acid groups (broad SMARTS) is 1. The number of carbonyl (C=O) groups is 2. The van der Waals surface area contributed by atoms with Crippen molar-refractivity contribution in [3.63, 3.8) is 0 Å². The molecule has 0 saturated carbocycles. The van der Waals surface area contributed by atoms with Crippen LogP contribution in [0.5, 0.6) is 0 Å². The molecule has 4 N–H and O–H groups in total. The number of hydrogen-bond donors (Lipinski definition) is 4. The van der Waals surface area contributed by atoms with E-state index in [0.29, 0.717) is 0 Å². The summed E-state index contributed by atoms with van der Waals surface area (Å²) < 4.78 is 0. The zero-order valence-corrected chi connectivity index (χ0v) is 9.84. The minimum atomic E-state index is -1.25. The molecule has 0 aromatic carbocycles. The van der Waals surface area contributed by atoms with Gasteiger partial charge in [0.1, 0.15) is 11.4 Å². The van der Waals surface area contributed by atoms with E-state index in [1.54, 1.807) is 0 Å². The van der Waals surface area contributed by atoms with Gasteiger partial charge in [-0.3, -0.25) is 14.6 Å². The Hall–Kier alpha value is -3.23. The van der Waals surface area contributed by atoms with E-state index in [9.17, 15) is 19.2 Å². The van der Waals surface area contributed by atoms with E-state index < -0.39 is 23.1 Å². The van der Waals surface area contributed by atoms with Crippen molar-refractivity contribution in [2.75, 3.05) is 5.32 Å². The van der Waals surface area contributed by atoms with Crippen LogP contribution >= 0.6 is 0 Å². The summed E-state index contributed by atoms with van der Waals surface area (Å²) in [5, 5.41) is 11.0. The van der Waals surface area contributed by atoms with E-state index in [4.69, 9.17) is 5.11 Å². The molecule has 2 aromatic rings. The van der Waals surface area contributed by atoms with Crippen LogP contribution in [0.1, 0.15) is 20.8 Å². The summed E-state index contributed by atoms with van der Waals surface area (Å²) in [6.45, 7) is 0. The van der Waals surface area contributed by atoms with Crippen LogP contribution in [0.25, 0.3) is 0 Å². The predicted octanol–water partition coefficient (Wildman–Crippen LogP) is -0.591. The molecule has 0 bridgehead atoms. The second-order valence-electron chi connectivity index (χ2n) is 3.65. The largest absolute Gasteiger partial charge is 0.477 e. The van der Waals surface area contributed by atoms with E-state index in [2.05, 4.69) is 15.3 Å². The van der Waals surface area contributed by atoms with Crippen molar-refractivity contribution in [3.05, 3.63) is 56.5 Å². The fourth-order valence-corrected chi connectivity index (χ4v) is 1.39. The van der Waals surface area contributed by atoms with E-state index in [0.717, 1.165) is 6.20 Å². The second-order valence-corrected chi connectivity index (χ2v) is 3.65.